The summed E-state index contributed by atoms with van der Waals surface area (Å²) >= 11 is 0. The van der Waals surface area contributed by atoms with Crippen molar-refractivity contribution in [2.24, 2.45) is 5.41 Å². The van der Waals surface area contributed by atoms with Crippen molar-refractivity contribution in [1.29, 1.82) is 0 Å². The number of carbonyl (C=O) groups excluding carboxylic acids is 4. The molecule has 3 saturated heterocycles. The minimum atomic E-state index is -1.00. The number of hydrogen-bond donors (Lipinski definition) is 2. The first kappa shape index (κ1) is 20.6. The van der Waals surface area contributed by atoms with Crippen LogP contribution < -0.4 is 5.32 Å². The first-order chi connectivity index (χ1) is 15.3. The van der Waals surface area contributed by atoms with Gasteiger partial charge in [-0.1, -0.05) is 18.2 Å². The summed E-state index contributed by atoms with van der Waals surface area (Å²) in [6.45, 7) is 2.20. The molecule has 2 unspecified atom stereocenters. The summed E-state index contributed by atoms with van der Waals surface area (Å²) in [7, 11) is 0. The van der Waals surface area contributed by atoms with Crippen molar-refractivity contribution in [3.05, 3.63) is 35.4 Å². The molecule has 0 saturated carbocycles. The Morgan fingerprint density at radius 1 is 1.06 bits per heavy atom. The second-order valence-electron chi connectivity index (χ2n) is 9.14. The number of carboxylic acid groups (broad SMARTS) is 1. The molecule has 168 valence electrons. The average Bonchev–Trinajstić information content (AvgIpc) is 2.74. The zero-order valence-corrected chi connectivity index (χ0v) is 17.5. The van der Waals surface area contributed by atoms with Crippen LogP contribution in [0.5, 0.6) is 0 Å². The van der Waals surface area contributed by atoms with Crippen molar-refractivity contribution in [1.82, 2.24) is 20.0 Å². The van der Waals surface area contributed by atoms with E-state index in [0.29, 0.717) is 37.3 Å². The summed E-state index contributed by atoms with van der Waals surface area (Å²) in [6, 6.07) is 5.26. The number of benzene rings is 1. The van der Waals surface area contributed by atoms with Gasteiger partial charge in [0, 0.05) is 30.5 Å². The van der Waals surface area contributed by atoms with Crippen LogP contribution in [0.4, 0.5) is 4.79 Å². The minimum Gasteiger partial charge on any atom is -0.465 e. The zero-order chi connectivity index (χ0) is 22.6. The van der Waals surface area contributed by atoms with Gasteiger partial charge in [0.15, 0.2) is 0 Å². The van der Waals surface area contributed by atoms with E-state index in [-0.39, 0.29) is 18.3 Å². The molecule has 4 aliphatic heterocycles. The summed E-state index contributed by atoms with van der Waals surface area (Å²) in [5.74, 6) is -1.99. The van der Waals surface area contributed by atoms with Gasteiger partial charge in [-0.3, -0.25) is 34.3 Å². The lowest BCUT2D eigenvalue weighted by atomic mass is 9.71. The van der Waals surface area contributed by atoms with Crippen molar-refractivity contribution in [2.75, 3.05) is 26.2 Å². The van der Waals surface area contributed by atoms with Crippen molar-refractivity contribution in [3.8, 4) is 0 Å². The molecule has 0 aliphatic carbocycles. The van der Waals surface area contributed by atoms with E-state index >= 15 is 0 Å². The third-order valence-corrected chi connectivity index (χ3v) is 7.24. The lowest BCUT2D eigenvalue weighted by Gasteiger charge is -2.54. The molecule has 4 heterocycles. The molecule has 4 aliphatic rings. The Morgan fingerprint density at radius 3 is 2.41 bits per heavy atom. The standard InChI is InChI=1S/C22H24N4O6/c27-16-6-5-15(18(28)23-16)26-19(29)14-4-2-1-3-13(14)17(20(26)30)24-9-7-22(8-10-24)11-25(12-22)21(31)32/h1-4,15,17H,5-12H2,(H,31,32)(H,23,27,28). The van der Waals surface area contributed by atoms with E-state index in [1.165, 1.54) is 4.90 Å². The van der Waals surface area contributed by atoms with Gasteiger partial charge in [-0.15, -0.1) is 0 Å². The largest absolute Gasteiger partial charge is 0.465 e. The minimum absolute atomic E-state index is 0.0504. The van der Waals surface area contributed by atoms with Crippen LogP contribution in [-0.2, 0) is 14.4 Å². The van der Waals surface area contributed by atoms with Gasteiger partial charge in [0.25, 0.3) is 11.8 Å². The second-order valence-corrected chi connectivity index (χ2v) is 9.14. The zero-order valence-electron chi connectivity index (χ0n) is 17.5. The predicted octanol–water partition coefficient (Wildman–Crippen LogP) is 0.591. The van der Waals surface area contributed by atoms with Crippen molar-refractivity contribution in [3.63, 3.8) is 0 Å². The van der Waals surface area contributed by atoms with Gasteiger partial charge in [-0.2, -0.15) is 0 Å². The quantitative estimate of drug-likeness (QED) is 0.645. The Labute approximate surface area is 184 Å². The number of carbonyl (C=O) groups is 5. The number of rotatable bonds is 2. The van der Waals surface area contributed by atoms with Crippen LogP contribution in [0.1, 0.15) is 47.6 Å². The van der Waals surface area contributed by atoms with Gasteiger partial charge < -0.3 is 10.0 Å². The Balaban J connectivity index is 1.41. The summed E-state index contributed by atoms with van der Waals surface area (Å²) in [6.07, 6.45) is 0.800. The molecule has 1 aromatic carbocycles. The van der Waals surface area contributed by atoms with Crippen LogP contribution in [0.3, 0.4) is 0 Å². The molecule has 32 heavy (non-hydrogen) atoms. The van der Waals surface area contributed by atoms with Crippen LogP contribution in [-0.4, -0.2) is 81.7 Å². The van der Waals surface area contributed by atoms with Gasteiger partial charge in [-0.25, -0.2) is 4.79 Å². The lowest BCUT2D eigenvalue weighted by molar-refractivity contribution is -0.148. The summed E-state index contributed by atoms with van der Waals surface area (Å²) in [5, 5.41) is 11.4. The molecule has 0 aromatic heterocycles. The molecule has 3 fully saturated rings. The molecule has 5 amide bonds. The highest BCUT2D eigenvalue weighted by atomic mass is 16.4. The summed E-state index contributed by atoms with van der Waals surface area (Å²) < 4.78 is 0. The summed E-state index contributed by atoms with van der Waals surface area (Å²) in [4.78, 5) is 66.5. The van der Waals surface area contributed by atoms with E-state index in [0.717, 1.165) is 17.7 Å². The molecular formula is C22H24N4O6. The number of imide groups is 2. The molecule has 2 N–H and O–H groups in total. The molecule has 2 atom stereocenters. The molecule has 0 bridgehead atoms. The SMILES string of the molecule is O=C1CCC(N2C(=O)c3ccccc3C(N3CCC4(CC3)CN(C(=O)O)C4)C2=O)C(=O)N1. The molecule has 1 aromatic rings. The van der Waals surface area contributed by atoms with Gasteiger partial charge in [0.1, 0.15) is 12.1 Å². The number of fused-ring (bicyclic) bond motifs is 1. The fourth-order valence-electron chi connectivity index (χ4n) is 5.47. The Kier molecular flexibility index (Phi) is 4.77. The monoisotopic (exact) mass is 440 g/mol. The van der Waals surface area contributed by atoms with E-state index in [2.05, 4.69) is 5.32 Å². The second kappa shape index (κ2) is 7.40. The van der Waals surface area contributed by atoms with Gasteiger partial charge in [0.2, 0.25) is 11.8 Å². The van der Waals surface area contributed by atoms with E-state index < -0.39 is 41.8 Å². The van der Waals surface area contributed by atoms with E-state index in [1.54, 1.807) is 24.3 Å². The maximum Gasteiger partial charge on any atom is 0.407 e. The highest BCUT2D eigenvalue weighted by molar-refractivity contribution is 6.14. The number of nitrogens with one attached hydrogen (secondary N) is 1. The molecule has 0 radical (unpaired) electrons. The van der Waals surface area contributed by atoms with Crippen molar-refractivity contribution < 1.29 is 29.1 Å². The smallest absolute Gasteiger partial charge is 0.407 e. The van der Waals surface area contributed by atoms with Gasteiger partial charge in [-0.05, 0) is 44.0 Å². The molecule has 5 rings (SSSR count). The number of nitrogens with zero attached hydrogens (tertiary/aromatic N) is 3. The van der Waals surface area contributed by atoms with Gasteiger partial charge >= 0.3 is 6.09 Å². The first-order valence-electron chi connectivity index (χ1n) is 10.8. The lowest BCUT2D eigenvalue weighted by Crippen LogP contribution is -2.64. The fraction of sp³-hybridized carbons (Fsp3) is 0.500. The average molecular weight is 440 g/mol. The number of amides is 5. The molecule has 10 nitrogen and oxygen atoms in total. The Hall–Kier alpha value is -3.27. The first-order valence-corrected chi connectivity index (χ1v) is 10.8. The van der Waals surface area contributed by atoms with E-state index in [9.17, 15) is 24.0 Å². The maximum atomic E-state index is 13.6. The maximum absolute atomic E-state index is 13.6. The van der Waals surface area contributed by atoms with Crippen LogP contribution >= 0.6 is 0 Å². The molecular weight excluding hydrogens is 416 g/mol. The van der Waals surface area contributed by atoms with Gasteiger partial charge in [0.05, 0.1) is 0 Å². The van der Waals surface area contributed by atoms with Crippen molar-refractivity contribution >= 4 is 29.7 Å². The number of hydrogen-bond acceptors (Lipinski definition) is 6. The van der Waals surface area contributed by atoms with Crippen molar-refractivity contribution in [2.45, 2.75) is 37.8 Å². The third kappa shape index (κ3) is 3.17. The molecule has 1 spiro atoms. The molecule has 10 heteroatoms. The summed E-state index contributed by atoms with van der Waals surface area (Å²) in [5.41, 5.74) is 0.969. The predicted molar refractivity (Wildman–Crippen MR) is 109 cm³/mol. The van der Waals surface area contributed by atoms with Crippen LogP contribution in [0.15, 0.2) is 24.3 Å². The van der Waals surface area contributed by atoms with Crippen LogP contribution in [0.25, 0.3) is 0 Å². The van der Waals surface area contributed by atoms with Crippen LogP contribution in [0.2, 0.25) is 0 Å². The van der Waals surface area contributed by atoms with E-state index in [1.807, 2.05) is 4.90 Å². The normalized spacial score (nSPS) is 27.8. The van der Waals surface area contributed by atoms with Crippen LogP contribution in [0, 0.1) is 5.41 Å². The Morgan fingerprint density at radius 2 is 1.75 bits per heavy atom. The third-order valence-electron chi connectivity index (χ3n) is 7.24. The highest BCUT2D eigenvalue weighted by Gasteiger charge is 2.51. The van der Waals surface area contributed by atoms with E-state index in [4.69, 9.17) is 5.11 Å². The topological polar surface area (TPSA) is 127 Å². The number of piperidine rings is 2. The highest BCUT2D eigenvalue weighted by Crippen LogP contribution is 2.43. The Bertz CT molecular complexity index is 1020. The number of likely N-dealkylation sites (tertiary alicyclic amines) is 2. The fourth-order valence-corrected chi connectivity index (χ4v) is 5.47.